The van der Waals surface area contributed by atoms with Crippen LogP contribution >= 0.6 is 0 Å². The first kappa shape index (κ1) is 18.6. The van der Waals surface area contributed by atoms with Crippen LogP contribution in [0.1, 0.15) is 59.3 Å². The Labute approximate surface area is 156 Å². The van der Waals surface area contributed by atoms with Gasteiger partial charge in [0.2, 0.25) is 0 Å². The van der Waals surface area contributed by atoms with Gasteiger partial charge in [0, 0.05) is 36.7 Å². The van der Waals surface area contributed by atoms with E-state index in [1.54, 1.807) is 0 Å². The van der Waals surface area contributed by atoms with Crippen molar-refractivity contribution in [3.63, 3.8) is 0 Å². The van der Waals surface area contributed by atoms with Gasteiger partial charge in [0.05, 0.1) is 11.3 Å². The van der Waals surface area contributed by atoms with Gasteiger partial charge in [0.25, 0.3) is 5.91 Å². The molecule has 3 rings (SSSR count). The molecule has 0 aliphatic carbocycles. The maximum Gasteiger partial charge on any atom is 0.257 e. The number of carbonyl (C=O) groups excluding carboxylic acids is 1. The summed E-state index contributed by atoms with van der Waals surface area (Å²) >= 11 is 0. The molecule has 0 bridgehead atoms. The Balaban J connectivity index is 1.72. The van der Waals surface area contributed by atoms with E-state index in [0.717, 1.165) is 73.7 Å². The first-order valence-corrected chi connectivity index (χ1v) is 9.75. The summed E-state index contributed by atoms with van der Waals surface area (Å²) in [4.78, 5) is 19.8. The zero-order valence-corrected chi connectivity index (χ0v) is 16.5. The smallest absolute Gasteiger partial charge is 0.257 e. The summed E-state index contributed by atoms with van der Waals surface area (Å²) in [6.45, 7) is 10.6. The van der Waals surface area contributed by atoms with Crippen LogP contribution in [-0.4, -0.2) is 38.7 Å². The molecule has 5 heteroatoms. The van der Waals surface area contributed by atoms with E-state index in [2.05, 4.69) is 29.1 Å². The molecule has 140 valence electrons. The lowest BCUT2D eigenvalue weighted by atomic mass is 9.92. The summed E-state index contributed by atoms with van der Waals surface area (Å²) < 4.78 is 1.97. The minimum Gasteiger partial charge on any atom is -0.338 e. The summed E-state index contributed by atoms with van der Waals surface area (Å²) in [5, 5.41) is 4.57. The Morgan fingerprint density at radius 2 is 2.08 bits per heavy atom. The Morgan fingerprint density at radius 3 is 2.81 bits per heavy atom. The molecular weight excluding hydrogens is 324 g/mol. The first-order valence-electron chi connectivity index (χ1n) is 9.75. The van der Waals surface area contributed by atoms with E-state index in [-0.39, 0.29) is 5.91 Å². The molecule has 1 saturated heterocycles. The lowest BCUT2D eigenvalue weighted by molar-refractivity contribution is 0.0671. The number of aromatic nitrogens is 3. The van der Waals surface area contributed by atoms with Gasteiger partial charge >= 0.3 is 0 Å². The summed E-state index contributed by atoms with van der Waals surface area (Å²) in [5.41, 5.74) is 4.83. The number of hydrogen-bond donors (Lipinski definition) is 0. The second kappa shape index (κ2) is 8.02. The molecule has 2 aromatic heterocycles. The molecule has 1 atom stereocenters. The van der Waals surface area contributed by atoms with Crippen LogP contribution in [0.15, 0.2) is 18.2 Å². The van der Waals surface area contributed by atoms with Crippen LogP contribution in [0.2, 0.25) is 0 Å². The monoisotopic (exact) mass is 354 g/mol. The molecule has 1 unspecified atom stereocenters. The van der Waals surface area contributed by atoms with E-state index >= 15 is 0 Å². The number of rotatable bonds is 5. The zero-order chi connectivity index (χ0) is 18.7. The van der Waals surface area contributed by atoms with E-state index < -0.39 is 0 Å². The van der Waals surface area contributed by atoms with Crippen molar-refractivity contribution in [2.24, 2.45) is 5.92 Å². The minimum atomic E-state index is 0.143. The van der Waals surface area contributed by atoms with Gasteiger partial charge in [0.1, 0.15) is 0 Å². The molecule has 1 amide bonds. The average molecular weight is 354 g/mol. The normalized spacial score (nSPS) is 17.5. The van der Waals surface area contributed by atoms with Gasteiger partial charge in [-0.05, 0) is 64.5 Å². The van der Waals surface area contributed by atoms with Gasteiger partial charge in [0.15, 0.2) is 0 Å². The second-order valence-electron chi connectivity index (χ2n) is 7.50. The van der Waals surface area contributed by atoms with E-state index in [9.17, 15) is 4.79 Å². The fourth-order valence-electron chi connectivity index (χ4n) is 4.02. The third kappa shape index (κ3) is 3.97. The van der Waals surface area contributed by atoms with Crippen LogP contribution in [0.3, 0.4) is 0 Å². The third-order valence-electron chi connectivity index (χ3n) is 5.28. The van der Waals surface area contributed by atoms with Gasteiger partial charge in [-0.3, -0.25) is 14.5 Å². The van der Waals surface area contributed by atoms with Gasteiger partial charge in [-0.15, -0.1) is 0 Å². The number of aryl methyl sites for hydroxylation is 3. The van der Waals surface area contributed by atoms with Gasteiger partial charge in [-0.1, -0.05) is 13.0 Å². The fraction of sp³-hybridized carbons (Fsp3) is 0.571. The summed E-state index contributed by atoms with van der Waals surface area (Å²) in [6, 6.07) is 6.19. The Bertz CT molecular complexity index is 780. The minimum absolute atomic E-state index is 0.143. The van der Waals surface area contributed by atoms with E-state index in [0.29, 0.717) is 5.92 Å². The molecule has 0 radical (unpaired) electrons. The van der Waals surface area contributed by atoms with Crippen molar-refractivity contribution in [3.05, 3.63) is 46.5 Å². The second-order valence-corrected chi connectivity index (χ2v) is 7.50. The Morgan fingerprint density at radius 1 is 1.27 bits per heavy atom. The highest BCUT2D eigenvalue weighted by Gasteiger charge is 2.28. The maximum absolute atomic E-state index is 13.2. The highest BCUT2D eigenvalue weighted by Crippen LogP contribution is 2.24. The molecule has 0 saturated carbocycles. The van der Waals surface area contributed by atoms with E-state index in [4.69, 9.17) is 0 Å². The average Bonchev–Trinajstić information content (AvgIpc) is 2.89. The fourth-order valence-corrected chi connectivity index (χ4v) is 4.02. The van der Waals surface area contributed by atoms with Crippen molar-refractivity contribution in [2.75, 3.05) is 13.1 Å². The van der Waals surface area contributed by atoms with Crippen LogP contribution in [0, 0.1) is 26.7 Å². The topological polar surface area (TPSA) is 51.0 Å². The SMILES string of the molecule is CCCn1nc(C)c(C(=O)N2CCCC(Cc3cccc(C)n3)C2)c1C. The molecule has 1 aliphatic heterocycles. The van der Waals surface area contributed by atoms with Gasteiger partial charge in [-0.2, -0.15) is 5.10 Å². The van der Waals surface area contributed by atoms with Crippen LogP contribution in [0.4, 0.5) is 0 Å². The number of carbonyl (C=O) groups is 1. The molecule has 2 aromatic rings. The summed E-state index contributed by atoms with van der Waals surface area (Å²) in [5.74, 6) is 0.623. The predicted octanol–water partition coefficient (Wildman–Crippen LogP) is 3.71. The number of piperidine rings is 1. The number of hydrogen-bond acceptors (Lipinski definition) is 3. The Kier molecular flexibility index (Phi) is 5.74. The number of pyridine rings is 1. The third-order valence-corrected chi connectivity index (χ3v) is 5.28. The van der Waals surface area contributed by atoms with Crippen molar-refractivity contribution in [2.45, 2.75) is 59.9 Å². The highest BCUT2D eigenvalue weighted by molar-refractivity contribution is 5.96. The highest BCUT2D eigenvalue weighted by atomic mass is 16.2. The first-order chi connectivity index (χ1) is 12.5. The van der Waals surface area contributed by atoms with Crippen molar-refractivity contribution in [3.8, 4) is 0 Å². The van der Waals surface area contributed by atoms with Crippen molar-refractivity contribution >= 4 is 5.91 Å². The summed E-state index contributed by atoms with van der Waals surface area (Å²) in [6.07, 6.45) is 4.18. The maximum atomic E-state index is 13.2. The number of likely N-dealkylation sites (tertiary alicyclic amines) is 1. The standard InChI is InChI=1S/C21H30N4O/c1-5-11-25-17(4)20(16(3)23-25)21(26)24-12-7-9-18(14-24)13-19-10-6-8-15(2)22-19/h6,8,10,18H,5,7,9,11-14H2,1-4H3. The molecule has 3 heterocycles. The van der Waals surface area contributed by atoms with Gasteiger partial charge in [-0.25, -0.2) is 0 Å². The van der Waals surface area contributed by atoms with Crippen LogP contribution < -0.4 is 0 Å². The predicted molar refractivity (Wildman–Crippen MR) is 103 cm³/mol. The molecule has 1 fully saturated rings. The quantitative estimate of drug-likeness (QED) is 0.822. The molecule has 1 aliphatic rings. The lowest BCUT2D eigenvalue weighted by Crippen LogP contribution is -2.41. The molecular formula is C21H30N4O. The molecule has 0 spiro atoms. The molecule has 26 heavy (non-hydrogen) atoms. The van der Waals surface area contributed by atoms with Crippen LogP contribution in [0.25, 0.3) is 0 Å². The summed E-state index contributed by atoms with van der Waals surface area (Å²) in [7, 11) is 0. The molecule has 0 aromatic carbocycles. The van der Waals surface area contributed by atoms with Crippen molar-refractivity contribution in [1.29, 1.82) is 0 Å². The van der Waals surface area contributed by atoms with Crippen molar-refractivity contribution < 1.29 is 4.79 Å². The lowest BCUT2D eigenvalue weighted by Gasteiger charge is -2.33. The molecule has 0 N–H and O–H groups in total. The number of nitrogens with zero attached hydrogens (tertiary/aromatic N) is 4. The van der Waals surface area contributed by atoms with E-state index in [1.165, 1.54) is 0 Å². The Hall–Kier alpha value is -2.17. The molecule has 5 nitrogen and oxygen atoms in total. The van der Waals surface area contributed by atoms with Crippen molar-refractivity contribution in [1.82, 2.24) is 19.7 Å². The van der Waals surface area contributed by atoms with E-state index in [1.807, 2.05) is 36.4 Å². The largest absolute Gasteiger partial charge is 0.338 e. The van der Waals surface area contributed by atoms with Crippen LogP contribution in [-0.2, 0) is 13.0 Å². The van der Waals surface area contributed by atoms with Gasteiger partial charge < -0.3 is 4.90 Å². The van der Waals surface area contributed by atoms with Crippen LogP contribution in [0.5, 0.6) is 0 Å². The zero-order valence-electron chi connectivity index (χ0n) is 16.5. The number of amides is 1.